The summed E-state index contributed by atoms with van der Waals surface area (Å²) >= 11 is 5.57. The molecule has 0 bridgehead atoms. The first-order chi connectivity index (χ1) is 7.96. The van der Waals surface area contributed by atoms with Crippen molar-refractivity contribution in [2.75, 3.05) is 16.4 Å². The molecule has 1 aromatic rings. The predicted molar refractivity (Wildman–Crippen MR) is 68.5 cm³/mol. The molecule has 1 rings (SSSR count). The van der Waals surface area contributed by atoms with Crippen molar-refractivity contribution in [3.8, 4) is 6.07 Å². The smallest absolute Gasteiger partial charge is 0.233 e. The second kappa shape index (κ2) is 5.89. The SMILES string of the molecule is CC(CCl)CS(=O)(=O)Nc1ccc(C#N)cc1. The first-order valence-corrected chi connectivity index (χ1v) is 7.22. The minimum absolute atomic E-state index is 0.0174. The summed E-state index contributed by atoms with van der Waals surface area (Å²) in [6.45, 7) is 1.77. The number of benzene rings is 1. The Morgan fingerprint density at radius 2 is 2.00 bits per heavy atom. The van der Waals surface area contributed by atoms with Crippen LogP contribution in [-0.4, -0.2) is 20.1 Å². The van der Waals surface area contributed by atoms with Crippen LogP contribution in [0, 0.1) is 17.2 Å². The third-order valence-electron chi connectivity index (χ3n) is 2.05. The van der Waals surface area contributed by atoms with Gasteiger partial charge in [0.2, 0.25) is 10.0 Å². The Hall–Kier alpha value is -1.25. The second-order valence-electron chi connectivity index (χ2n) is 3.83. The molecule has 1 aromatic carbocycles. The Balaban J connectivity index is 2.73. The fourth-order valence-corrected chi connectivity index (χ4v) is 2.94. The molecule has 1 atom stereocenters. The number of nitriles is 1. The lowest BCUT2D eigenvalue weighted by atomic mass is 10.2. The van der Waals surface area contributed by atoms with E-state index in [4.69, 9.17) is 16.9 Å². The summed E-state index contributed by atoms with van der Waals surface area (Å²) in [5, 5.41) is 8.61. The lowest BCUT2D eigenvalue weighted by Crippen LogP contribution is -2.22. The molecule has 1 unspecified atom stereocenters. The third kappa shape index (κ3) is 4.63. The van der Waals surface area contributed by atoms with E-state index in [1.54, 1.807) is 31.2 Å². The molecule has 0 amide bonds. The summed E-state index contributed by atoms with van der Waals surface area (Å²) in [5.41, 5.74) is 0.938. The van der Waals surface area contributed by atoms with E-state index in [0.717, 1.165) is 0 Å². The molecule has 0 aliphatic carbocycles. The van der Waals surface area contributed by atoms with Crippen molar-refractivity contribution in [3.63, 3.8) is 0 Å². The van der Waals surface area contributed by atoms with Crippen molar-refractivity contribution in [2.24, 2.45) is 5.92 Å². The normalized spacial score (nSPS) is 12.8. The Morgan fingerprint density at radius 1 is 1.41 bits per heavy atom. The number of anilines is 1. The number of halogens is 1. The van der Waals surface area contributed by atoms with Gasteiger partial charge in [0.15, 0.2) is 0 Å². The molecule has 0 spiro atoms. The van der Waals surface area contributed by atoms with Crippen LogP contribution in [0.1, 0.15) is 12.5 Å². The Bertz CT molecular complexity index is 505. The molecular formula is C11H13ClN2O2S. The van der Waals surface area contributed by atoms with Crippen LogP contribution >= 0.6 is 11.6 Å². The van der Waals surface area contributed by atoms with Gasteiger partial charge in [-0.05, 0) is 30.2 Å². The lowest BCUT2D eigenvalue weighted by Gasteiger charge is -2.10. The lowest BCUT2D eigenvalue weighted by molar-refractivity contribution is 0.588. The number of nitrogens with zero attached hydrogens (tertiary/aromatic N) is 1. The van der Waals surface area contributed by atoms with Crippen LogP contribution in [0.4, 0.5) is 5.69 Å². The maximum atomic E-state index is 11.7. The molecule has 0 radical (unpaired) electrons. The van der Waals surface area contributed by atoms with Crippen molar-refractivity contribution < 1.29 is 8.42 Å². The molecule has 1 N–H and O–H groups in total. The van der Waals surface area contributed by atoms with Crippen LogP contribution in [0.2, 0.25) is 0 Å². The summed E-state index contributed by atoms with van der Waals surface area (Å²) < 4.78 is 25.8. The van der Waals surface area contributed by atoms with Crippen molar-refractivity contribution >= 4 is 27.3 Å². The number of rotatable bonds is 5. The van der Waals surface area contributed by atoms with E-state index in [1.807, 2.05) is 6.07 Å². The Kier molecular flexibility index (Phi) is 4.79. The fraction of sp³-hybridized carbons (Fsp3) is 0.364. The average molecular weight is 273 g/mol. The van der Waals surface area contributed by atoms with Crippen LogP contribution in [-0.2, 0) is 10.0 Å². The van der Waals surface area contributed by atoms with Crippen LogP contribution in [0.25, 0.3) is 0 Å². The molecule has 6 heteroatoms. The molecule has 17 heavy (non-hydrogen) atoms. The van der Waals surface area contributed by atoms with Gasteiger partial charge in [-0.1, -0.05) is 6.92 Å². The van der Waals surface area contributed by atoms with E-state index < -0.39 is 10.0 Å². The van der Waals surface area contributed by atoms with Crippen LogP contribution in [0.5, 0.6) is 0 Å². The highest BCUT2D eigenvalue weighted by atomic mass is 35.5. The second-order valence-corrected chi connectivity index (χ2v) is 5.91. The van der Waals surface area contributed by atoms with Crippen molar-refractivity contribution in [1.82, 2.24) is 0 Å². The number of hydrogen-bond acceptors (Lipinski definition) is 3. The molecule has 92 valence electrons. The van der Waals surface area contributed by atoms with Gasteiger partial charge in [-0.2, -0.15) is 5.26 Å². The Labute approximate surface area is 106 Å². The molecule has 0 saturated carbocycles. The van der Waals surface area contributed by atoms with Gasteiger partial charge in [0.1, 0.15) is 0 Å². The van der Waals surface area contributed by atoms with Gasteiger partial charge in [-0.3, -0.25) is 4.72 Å². The molecule has 0 aliphatic rings. The van der Waals surface area contributed by atoms with E-state index in [1.165, 1.54) is 0 Å². The first kappa shape index (κ1) is 13.8. The molecular weight excluding hydrogens is 260 g/mol. The van der Waals surface area contributed by atoms with Crippen molar-refractivity contribution in [3.05, 3.63) is 29.8 Å². The van der Waals surface area contributed by atoms with Gasteiger partial charge in [-0.15, -0.1) is 11.6 Å². The zero-order chi connectivity index (χ0) is 12.9. The van der Waals surface area contributed by atoms with Gasteiger partial charge in [-0.25, -0.2) is 8.42 Å². The summed E-state index contributed by atoms with van der Waals surface area (Å²) in [6, 6.07) is 8.19. The molecule has 4 nitrogen and oxygen atoms in total. The number of nitrogens with one attached hydrogen (secondary N) is 1. The number of sulfonamides is 1. The van der Waals surface area contributed by atoms with Crippen LogP contribution < -0.4 is 4.72 Å². The van der Waals surface area contributed by atoms with Gasteiger partial charge in [0.05, 0.1) is 17.4 Å². The maximum absolute atomic E-state index is 11.7. The van der Waals surface area contributed by atoms with E-state index in [0.29, 0.717) is 17.1 Å². The van der Waals surface area contributed by atoms with Crippen LogP contribution in [0.15, 0.2) is 24.3 Å². The van der Waals surface area contributed by atoms with Crippen molar-refractivity contribution in [1.29, 1.82) is 5.26 Å². The molecule has 0 heterocycles. The zero-order valence-electron chi connectivity index (χ0n) is 9.35. The Morgan fingerprint density at radius 3 is 2.47 bits per heavy atom. The monoisotopic (exact) mass is 272 g/mol. The molecule has 0 fully saturated rings. The topological polar surface area (TPSA) is 70.0 Å². The standard InChI is InChI=1S/C11H13ClN2O2S/c1-9(6-12)8-17(15,16)14-11-4-2-10(7-13)3-5-11/h2-5,9,14H,6,8H2,1H3. The van der Waals surface area contributed by atoms with E-state index in [-0.39, 0.29) is 11.7 Å². The quantitative estimate of drug-likeness (QED) is 0.835. The minimum Gasteiger partial charge on any atom is -0.284 e. The van der Waals surface area contributed by atoms with E-state index >= 15 is 0 Å². The van der Waals surface area contributed by atoms with Crippen LogP contribution in [0.3, 0.4) is 0 Å². The van der Waals surface area contributed by atoms with Crippen molar-refractivity contribution in [2.45, 2.75) is 6.92 Å². The van der Waals surface area contributed by atoms with Gasteiger partial charge >= 0.3 is 0 Å². The molecule has 0 saturated heterocycles. The minimum atomic E-state index is -3.38. The summed E-state index contributed by atoms with van der Waals surface area (Å²) in [4.78, 5) is 0. The van der Waals surface area contributed by atoms with E-state index in [2.05, 4.69) is 4.72 Å². The largest absolute Gasteiger partial charge is 0.284 e. The highest BCUT2D eigenvalue weighted by Gasteiger charge is 2.14. The molecule has 0 aliphatic heterocycles. The maximum Gasteiger partial charge on any atom is 0.233 e. The van der Waals surface area contributed by atoms with E-state index in [9.17, 15) is 8.42 Å². The van der Waals surface area contributed by atoms with Gasteiger partial charge < -0.3 is 0 Å². The highest BCUT2D eigenvalue weighted by molar-refractivity contribution is 7.92. The molecule has 0 aromatic heterocycles. The number of alkyl halides is 1. The van der Waals surface area contributed by atoms with Gasteiger partial charge in [0, 0.05) is 11.6 Å². The summed E-state index contributed by atoms with van der Waals surface area (Å²) in [7, 11) is -3.38. The predicted octanol–water partition coefficient (Wildman–Crippen LogP) is 2.17. The average Bonchev–Trinajstić information content (AvgIpc) is 2.28. The first-order valence-electron chi connectivity index (χ1n) is 5.03. The summed E-state index contributed by atoms with van der Waals surface area (Å²) in [6.07, 6.45) is 0. The number of hydrogen-bond donors (Lipinski definition) is 1. The fourth-order valence-electron chi connectivity index (χ4n) is 1.25. The highest BCUT2D eigenvalue weighted by Crippen LogP contribution is 2.12. The third-order valence-corrected chi connectivity index (χ3v) is 4.14. The zero-order valence-corrected chi connectivity index (χ0v) is 10.9. The van der Waals surface area contributed by atoms with Gasteiger partial charge in [0.25, 0.3) is 0 Å². The summed E-state index contributed by atoms with van der Waals surface area (Å²) in [5.74, 6) is 0.178.